The van der Waals surface area contributed by atoms with Crippen LogP contribution >= 0.6 is 11.6 Å². The molecule has 1 fully saturated rings. The zero-order valence-corrected chi connectivity index (χ0v) is 19.3. The van der Waals surface area contributed by atoms with Crippen LogP contribution < -0.4 is 20.7 Å². The number of nitrogens with zero attached hydrogens (tertiary/aromatic N) is 3. The van der Waals surface area contributed by atoms with Crippen LogP contribution in [0.25, 0.3) is 10.9 Å². The van der Waals surface area contributed by atoms with Crippen LogP contribution in [0.4, 0.5) is 21.6 Å². The van der Waals surface area contributed by atoms with Gasteiger partial charge in [0.2, 0.25) is 5.91 Å². The summed E-state index contributed by atoms with van der Waals surface area (Å²) in [7, 11) is 0. The quantitative estimate of drug-likeness (QED) is 0.339. The minimum Gasteiger partial charge on any atom is -0.486 e. The van der Waals surface area contributed by atoms with Crippen molar-refractivity contribution in [3.8, 4) is 5.75 Å². The van der Waals surface area contributed by atoms with E-state index in [2.05, 4.69) is 30.9 Å². The molecule has 1 aliphatic heterocycles. The Kier molecular flexibility index (Phi) is 6.69. The molecule has 0 spiro atoms. The molecule has 10 heteroatoms. The van der Waals surface area contributed by atoms with Gasteiger partial charge in [-0.3, -0.25) is 9.78 Å². The van der Waals surface area contributed by atoms with E-state index >= 15 is 0 Å². The molecular formula is C25H22ClFN6O2. The van der Waals surface area contributed by atoms with Crippen molar-refractivity contribution in [1.82, 2.24) is 20.3 Å². The maximum atomic E-state index is 14.7. The lowest BCUT2D eigenvalue weighted by atomic mass is 10.1. The Morgan fingerprint density at radius 3 is 2.86 bits per heavy atom. The Bertz CT molecular complexity index is 1370. The number of anilines is 3. The van der Waals surface area contributed by atoms with Gasteiger partial charge in [0.1, 0.15) is 30.3 Å². The highest BCUT2D eigenvalue weighted by Crippen LogP contribution is 2.32. The smallest absolute Gasteiger partial charge is 0.241 e. The number of pyridine rings is 1. The molecule has 1 aliphatic rings. The Balaban J connectivity index is 1.35. The summed E-state index contributed by atoms with van der Waals surface area (Å²) >= 11 is 6.42. The fourth-order valence-corrected chi connectivity index (χ4v) is 4.10. The third-order valence-corrected chi connectivity index (χ3v) is 5.95. The summed E-state index contributed by atoms with van der Waals surface area (Å²) in [5, 5.41) is 9.94. The second kappa shape index (κ2) is 10.2. The van der Waals surface area contributed by atoms with E-state index in [1.54, 1.807) is 24.4 Å². The van der Waals surface area contributed by atoms with Crippen LogP contribution in [-0.4, -0.2) is 33.4 Å². The monoisotopic (exact) mass is 492 g/mol. The summed E-state index contributed by atoms with van der Waals surface area (Å²) in [6.07, 6.45) is 4.68. The van der Waals surface area contributed by atoms with E-state index in [0.29, 0.717) is 39.8 Å². The molecule has 1 atom stereocenters. The van der Waals surface area contributed by atoms with Crippen LogP contribution in [0, 0.1) is 5.82 Å². The minimum absolute atomic E-state index is 0.0744. The van der Waals surface area contributed by atoms with E-state index in [4.69, 9.17) is 16.3 Å². The number of ether oxygens (including phenoxy) is 1. The number of rotatable bonds is 7. The van der Waals surface area contributed by atoms with Crippen molar-refractivity contribution >= 4 is 45.6 Å². The van der Waals surface area contributed by atoms with Gasteiger partial charge in [0.05, 0.1) is 28.0 Å². The number of benzene rings is 2. The maximum absolute atomic E-state index is 14.7. The lowest BCUT2D eigenvalue weighted by molar-refractivity contribution is -0.117. The Morgan fingerprint density at radius 1 is 1.17 bits per heavy atom. The molecule has 0 saturated carbocycles. The molecule has 0 unspecified atom stereocenters. The largest absolute Gasteiger partial charge is 0.486 e. The first-order valence-electron chi connectivity index (χ1n) is 11.1. The van der Waals surface area contributed by atoms with E-state index < -0.39 is 5.82 Å². The van der Waals surface area contributed by atoms with Crippen LogP contribution in [0.15, 0.2) is 61.1 Å². The number of nitrogens with one attached hydrogen (secondary N) is 3. The highest BCUT2D eigenvalue weighted by Gasteiger charge is 2.23. The molecule has 5 rings (SSSR count). The average molecular weight is 493 g/mol. The van der Waals surface area contributed by atoms with E-state index in [1.165, 1.54) is 18.5 Å². The molecule has 0 bridgehead atoms. The Morgan fingerprint density at radius 2 is 2.09 bits per heavy atom. The molecule has 1 amide bonds. The maximum Gasteiger partial charge on any atom is 0.241 e. The van der Waals surface area contributed by atoms with E-state index in [1.807, 2.05) is 18.2 Å². The number of halogens is 2. The van der Waals surface area contributed by atoms with Gasteiger partial charge in [-0.1, -0.05) is 17.7 Å². The van der Waals surface area contributed by atoms with E-state index in [0.717, 1.165) is 25.1 Å². The molecular weight excluding hydrogens is 471 g/mol. The van der Waals surface area contributed by atoms with Gasteiger partial charge in [-0.15, -0.1) is 0 Å². The SMILES string of the molecule is O=C(Nc1cc2c(Nc3ccc(OCc4ccccn4)c(Cl)c3)ncnc2cc1F)[C@@H]1CCCN1. The summed E-state index contributed by atoms with van der Waals surface area (Å²) in [6.45, 7) is 1.07. The molecule has 3 heterocycles. The lowest BCUT2D eigenvalue weighted by Crippen LogP contribution is -2.35. The first kappa shape index (κ1) is 22.9. The summed E-state index contributed by atoms with van der Waals surface area (Å²) in [4.78, 5) is 25.2. The zero-order valence-electron chi connectivity index (χ0n) is 18.6. The third-order valence-electron chi connectivity index (χ3n) is 5.66. The first-order chi connectivity index (χ1) is 17.1. The molecule has 0 radical (unpaired) electrons. The zero-order chi connectivity index (χ0) is 24.2. The lowest BCUT2D eigenvalue weighted by Gasteiger charge is -2.14. The first-order valence-corrected chi connectivity index (χ1v) is 11.5. The van der Waals surface area contributed by atoms with Gasteiger partial charge in [-0.05, 0) is 55.8 Å². The van der Waals surface area contributed by atoms with Gasteiger partial charge in [0.25, 0.3) is 0 Å². The van der Waals surface area contributed by atoms with Crippen LogP contribution in [0.3, 0.4) is 0 Å². The number of aromatic nitrogens is 3. The molecule has 8 nitrogen and oxygen atoms in total. The minimum atomic E-state index is -0.564. The fraction of sp³-hybridized carbons (Fsp3) is 0.200. The van der Waals surface area contributed by atoms with Gasteiger partial charge < -0.3 is 20.7 Å². The van der Waals surface area contributed by atoms with Crippen LogP contribution in [0.2, 0.25) is 5.02 Å². The van der Waals surface area contributed by atoms with Gasteiger partial charge in [-0.25, -0.2) is 14.4 Å². The van der Waals surface area contributed by atoms with E-state index in [-0.39, 0.29) is 17.6 Å². The average Bonchev–Trinajstić information content (AvgIpc) is 3.40. The van der Waals surface area contributed by atoms with E-state index in [9.17, 15) is 9.18 Å². The molecule has 4 aromatic rings. The molecule has 2 aromatic heterocycles. The summed E-state index contributed by atoms with van der Waals surface area (Å²) in [5.41, 5.74) is 1.92. The highest BCUT2D eigenvalue weighted by molar-refractivity contribution is 6.32. The van der Waals surface area contributed by atoms with Crippen LogP contribution in [0.1, 0.15) is 18.5 Å². The topological polar surface area (TPSA) is 101 Å². The van der Waals surface area contributed by atoms with Crippen molar-refractivity contribution in [2.45, 2.75) is 25.5 Å². The summed E-state index contributed by atoms with van der Waals surface area (Å²) in [6, 6.07) is 13.3. The van der Waals surface area contributed by atoms with Crippen molar-refractivity contribution in [1.29, 1.82) is 0 Å². The number of carbonyl (C=O) groups excluding carboxylic acids is 1. The fourth-order valence-electron chi connectivity index (χ4n) is 3.87. The predicted octanol–water partition coefficient (Wildman–Crippen LogP) is 4.83. The normalized spacial score (nSPS) is 15.2. The Hall–Kier alpha value is -3.82. The summed E-state index contributed by atoms with van der Waals surface area (Å²) < 4.78 is 20.4. The molecule has 3 N–H and O–H groups in total. The number of amides is 1. The number of hydrogen-bond acceptors (Lipinski definition) is 7. The van der Waals surface area contributed by atoms with Crippen molar-refractivity contribution in [2.24, 2.45) is 0 Å². The van der Waals surface area contributed by atoms with Crippen molar-refractivity contribution < 1.29 is 13.9 Å². The molecule has 35 heavy (non-hydrogen) atoms. The number of fused-ring (bicyclic) bond motifs is 1. The summed E-state index contributed by atoms with van der Waals surface area (Å²) in [5.74, 6) is 0.136. The standard InChI is InChI=1S/C25H22ClFN6O2/c26-18-10-15(6-7-23(18)35-13-16-4-1-2-8-28-16)32-24-17-11-22(19(27)12-21(17)30-14-31-24)33-25(34)20-5-3-9-29-20/h1-2,4,6-8,10-12,14,20,29H,3,5,9,13H2,(H,33,34)(H,30,31,32)/t20-/m0/s1. The predicted molar refractivity (Wildman–Crippen MR) is 132 cm³/mol. The van der Waals surface area contributed by atoms with Crippen LogP contribution in [0.5, 0.6) is 5.75 Å². The van der Waals surface area contributed by atoms with Crippen molar-refractivity contribution in [3.63, 3.8) is 0 Å². The van der Waals surface area contributed by atoms with Gasteiger partial charge in [0, 0.05) is 23.3 Å². The van der Waals surface area contributed by atoms with Crippen LogP contribution in [-0.2, 0) is 11.4 Å². The molecule has 2 aromatic carbocycles. The molecule has 178 valence electrons. The van der Waals surface area contributed by atoms with Gasteiger partial charge in [-0.2, -0.15) is 0 Å². The molecule has 1 saturated heterocycles. The van der Waals surface area contributed by atoms with Crippen molar-refractivity contribution in [3.05, 3.63) is 77.6 Å². The second-order valence-corrected chi connectivity index (χ2v) is 8.50. The Labute approximate surface area is 205 Å². The number of hydrogen-bond donors (Lipinski definition) is 3. The second-order valence-electron chi connectivity index (χ2n) is 8.09. The third kappa shape index (κ3) is 5.31. The number of carbonyl (C=O) groups is 1. The van der Waals surface area contributed by atoms with Crippen molar-refractivity contribution in [2.75, 3.05) is 17.2 Å². The molecule has 0 aliphatic carbocycles. The highest BCUT2D eigenvalue weighted by atomic mass is 35.5. The van der Waals surface area contributed by atoms with Gasteiger partial charge >= 0.3 is 0 Å². The van der Waals surface area contributed by atoms with Gasteiger partial charge in [0.15, 0.2) is 0 Å².